The summed E-state index contributed by atoms with van der Waals surface area (Å²) >= 11 is 0. The lowest BCUT2D eigenvalue weighted by atomic mass is 9.93. The fraction of sp³-hybridized carbons (Fsp3) is 0.857. The van der Waals surface area contributed by atoms with Crippen molar-refractivity contribution in [2.24, 2.45) is 11.8 Å². The molecule has 0 aliphatic carbocycles. The largest absolute Gasteiger partial charge is 0.480 e. The number of nitrogens with one attached hydrogen (secondary N) is 2. The monoisotopic (exact) mass is 270 g/mol. The summed E-state index contributed by atoms with van der Waals surface area (Å²) in [4.78, 5) is 22.8. The summed E-state index contributed by atoms with van der Waals surface area (Å²) in [7, 11) is 0. The molecule has 1 fully saturated rings. The molecule has 1 unspecified atom stereocenters. The minimum atomic E-state index is -0.941. The molecule has 3 N–H and O–H groups in total. The Morgan fingerprint density at radius 2 is 1.95 bits per heavy atom. The van der Waals surface area contributed by atoms with Gasteiger partial charge in [0.05, 0.1) is 0 Å². The first-order valence-electron chi connectivity index (χ1n) is 7.22. The number of carboxylic acids is 1. The SMILES string of the molecule is CC(C)CC(NC(=O)CCC1CCNCC1)C(=O)O. The van der Waals surface area contributed by atoms with E-state index in [1.165, 1.54) is 0 Å². The fourth-order valence-corrected chi connectivity index (χ4v) is 2.46. The van der Waals surface area contributed by atoms with Crippen molar-refractivity contribution in [3.63, 3.8) is 0 Å². The normalized spacial score (nSPS) is 18.3. The first-order chi connectivity index (χ1) is 8.99. The van der Waals surface area contributed by atoms with E-state index in [2.05, 4.69) is 10.6 Å². The van der Waals surface area contributed by atoms with Gasteiger partial charge in [0.1, 0.15) is 6.04 Å². The van der Waals surface area contributed by atoms with Gasteiger partial charge in [-0.25, -0.2) is 4.79 Å². The van der Waals surface area contributed by atoms with Crippen molar-refractivity contribution in [1.29, 1.82) is 0 Å². The van der Waals surface area contributed by atoms with Gasteiger partial charge < -0.3 is 15.7 Å². The summed E-state index contributed by atoms with van der Waals surface area (Å²) < 4.78 is 0. The smallest absolute Gasteiger partial charge is 0.326 e. The molecule has 1 aliphatic heterocycles. The number of carboxylic acid groups (broad SMARTS) is 1. The van der Waals surface area contributed by atoms with Gasteiger partial charge in [-0.05, 0) is 50.6 Å². The lowest BCUT2D eigenvalue weighted by Gasteiger charge is -2.22. The van der Waals surface area contributed by atoms with Crippen LogP contribution in [0.5, 0.6) is 0 Å². The van der Waals surface area contributed by atoms with Crippen molar-refractivity contribution in [3.05, 3.63) is 0 Å². The highest BCUT2D eigenvalue weighted by atomic mass is 16.4. The van der Waals surface area contributed by atoms with Crippen LogP contribution in [0.1, 0.15) is 46.0 Å². The number of aliphatic carboxylic acids is 1. The first kappa shape index (κ1) is 16.0. The Hall–Kier alpha value is -1.10. The molecule has 1 aliphatic rings. The van der Waals surface area contributed by atoms with E-state index in [1.54, 1.807) is 0 Å². The molecule has 19 heavy (non-hydrogen) atoms. The van der Waals surface area contributed by atoms with Crippen LogP contribution in [0.4, 0.5) is 0 Å². The molecular weight excluding hydrogens is 244 g/mol. The number of rotatable bonds is 7. The molecule has 0 spiro atoms. The molecule has 1 rings (SSSR count). The molecule has 1 heterocycles. The van der Waals surface area contributed by atoms with E-state index >= 15 is 0 Å². The van der Waals surface area contributed by atoms with Gasteiger partial charge in [-0.2, -0.15) is 0 Å². The second kappa shape index (κ2) is 8.15. The van der Waals surface area contributed by atoms with E-state index in [1.807, 2.05) is 13.8 Å². The molecule has 5 nitrogen and oxygen atoms in total. The number of carbonyl (C=O) groups excluding carboxylic acids is 1. The van der Waals surface area contributed by atoms with Crippen LogP contribution < -0.4 is 10.6 Å². The van der Waals surface area contributed by atoms with Crippen molar-refractivity contribution in [3.8, 4) is 0 Å². The van der Waals surface area contributed by atoms with E-state index < -0.39 is 12.0 Å². The zero-order chi connectivity index (χ0) is 14.3. The molecule has 1 saturated heterocycles. The van der Waals surface area contributed by atoms with E-state index in [-0.39, 0.29) is 11.8 Å². The highest BCUT2D eigenvalue weighted by molar-refractivity contribution is 5.83. The first-order valence-corrected chi connectivity index (χ1v) is 7.22. The highest BCUT2D eigenvalue weighted by Gasteiger charge is 2.21. The minimum absolute atomic E-state index is 0.133. The van der Waals surface area contributed by atoms with Crippen molar-refractivity contribution < 1.29 is 14.7 Å². The Morgan fingerprint density at radius 1 is 1.32 bits per heavy atom. The lowest BCUT2D eigenvalue weighted by Crippen LogP contribution is -2.41. The molecule has 1 atom stereocenters. The molecule has 0 bridgehead atoms. The second-order valence-corrected chi connectivity index (χ2v) is 5.82. The Balaban J connectivity index is 2.29. The van der Waals surface area contributed by atoms with Crippen LogP contribution in [0.2, 0.25) is 0 Å². The molecule has 0 aromatic heterocycles. The summed E-state index contributed by atoms with van der Waals surface area (Å²) in [5.74, 6) is -0.221. The Labute approximate surface area is 115 Å². The van der Waals surface area contributed by atoms with Gasteiger partial charge in [0.15, 0.2) is 0 Å². The Kier molecular flexibility index (Phi) is 6.84. The van der Waals surface area contributed by atoms with Gasteiger partial charge in [-0.1, -0.05) is 13.8 Å². The third kappa shape index (κ3) is 6.57. The summed E-state index contributed by atoms with van der Waals surface area (Å²) in [5, 5.41) is 15.0. The zero-order valence-electron chi connectivity index (χ0n) is 11.9. The maximum absolute atomic E-state index is 11.8. The van der Waals surface area contributed by atoms with Gasteiger partial charge >= 0.3 is 5.97 Å². The van der Waals surface area contributed by atoms with E-state index in [0.717, 1.165) is 32.4 Å². The van der Waals surface area contributed by atoms with Crippen molar-refractivity contribution in [1.82, 2.24) is 10.6 Å². The van der Waals surface area contributed by atoms with Gasteiger partial charge in [-0.15, -0.1) is 0 Å². The summed E-state index contributed by atoms with van der Waals surface area (Å²) in [6.45, 7) is 5.96. The molecule has 0 radical (unpaired) electrons. The predicted molar refractivity (Wildman–Crippen MR) is 73.8 cm³/mol. The van der Waals surface area contributed by atoms with E-state index in [9.17, 15) is 9.59 Å². The summed E-state index contributed by atoms with van der Waals surface area (Å²) in [6, 6.07) is -0.750. The molecule has 5 heteroatoms. The molecule has 110 valence electrons. The van der Waals surface area contributed by atoms with Crippen LogP contribution in [0.25, 0.3) is 0 Å². The van der Waals surface area contributed by atoms with Crippen molar-refractivity contribution in [2.45, 2.75) is 52.0 Å². The fourth-order valence-electron chi connectivity index (χ4n) is 2.46. The van der Waals surface area contributed by atoms with Crippen LogP contribution in [0.3, 0.4) is 0 Å². The van der Waals surface area contributed by atoms with Gasteiger partial charge in [0.2, 0.25) is 5.91 Å². The number of piperidine rings is 1. The molecule has 1 amide bonds. The topological polar surface area (TPSA) is 78.4 Å². The van der Waals surface area contributed by atoms with Crippen molar-refractivity contribution >= 4 is 11.9 Å². The van der Waals surface area contributed by atoms with Gasteiger partial charge in [0.25, 0.3) is 0 Å². The number of amides is 1. The number of carbonyl (C=O) groups is 2. The van der Waals surface area contributed by atoms with Crippen LogP contribution >= 0.6 is 0 Å². The third-order valence-electron chi connectivity index (χ3n) is 3.58. The third-order valence-corrected chi connectivity index (χ3v) is 3.58. The second-order valence-electron chi connectivity index (χ2n) is 5.82. The maximum atomic E-state index is 11.8. The van der Waals surface area contributed by atoms with Crippen LogP contribution in [0, 0.1) is 11.8 Å². The molecule has 0 saturated carbocycles. The predicted octanol–water partition coefficient (Wildman–Crippen LogP) is 1.38. The standard InChI is InChI=1S/C14H26N2O3/c1-10(2)9-12(14(18)19)16-13(17)4-3-11-5-7-15-8-6-11/h10-12,15H,3-9H2,1-2H3,(H,16,17)(H,18,19). The Morgan fingerprint density at radius 3 is 2.47 bits per heavy atom. The van der Waals surface area contributed by atoms with E-state index in [4.69, 9.17) is 5.11 Å². The van der Waals surface area contributed by atoms with Crippen LogP contribution in [-0.4, -0.2) is 36.1 Å². The number of hydrogen-bond donors (Lipinski definition) is 3. The lowest BCUT2D eigenvalue weighted by molar-refractivity contribution is -0.142. The van der Waals surface area contributed by atoms with Crippen LogP contribution in [0.15, 0.2) is 0 Å². The highest BCUT2D eigenvalue weighted by Crippen LogP contribution is 2.17. The Bertz CT molecular complexity index is 299. The van der Waals surface area contributed by atoms with Crippen LogP contribution in [-0.2, 0) is 9.59 Å². The molecule has 0 aromatic carbocycles. The minimum Gasteiger partial charge on any atom is -0.480 e. The number of hydrogen-bond acceptors (Lipinski definition) is 3. The molecule has 0 aromatic rings. The van der Waals surface area contributed by atoms with Gasteiger partial charge in [-0.3, -0.25) is 4.79 Å². The summed E-state index contributed by atoms with van der Waals surface area (Å²) in [5.41, 5.74) is 0. The summed E-state index contributed by atoms with van der Waals surface area (Å²) in [6.07, 6.45) is 4.01. The zero-order valence-corrected chi connectivity index (χ0v) is 11.9. The average molecular weight is 270 g/mol. The maximum Gasteiger partial charge on any atom is 0.326 e. The van der Waals surface area contributed by atoms with E-state index in [0.29, 0.717) is 18.8 Å². The molecular formula is C14H26N2O3. The van der Waals surface area contributed by atoms with Gasteiger partial charge in [0, 0.05) is 6.42 Å². The quantitative estimate of drug-likeness (QED) is 0.653. The van der Waals surface area contributed by atoms with Crippen molar-refractivity contribution in [2.75, 3.05) is 13.1 Å². The average Bonchev–Trinajstić information content (AvgIpc) is 2.36.